The molecule has 0 fully saturated rings. The van der Waals surface area contributed by atoms with Gasteiger partial charge in [0.1, 0.15) is 0 Å². The van der Waals surface area contributed by atoms with E-state index < -0.39 is 16.6 Å². The summed E-state index contributed by atoms with van der Waals surface area (Å²) in [6.07, 6.45) is 10.4. The van der Waals surface area contributed by atoms with Crippen LogP contribution in [0.4, 0.5) is 0 Å². The van der Waals surface area contributed by atoms with Crippen LogP contribution in [0, 0.1) is 5.92 Å². The first kappa shape index (κ1) is 29.3. The molecule has 0 aromatic heterocycles. The lowest BCUT2D eigenvalue weighted by Crippen LogP contribution is -2.44. The molecule has 0 saturated heterocycles. The first-order chi connectivity index (χ1) is 16.0. The molecular formula is C30H52O2Si2. The SMILES string of the molecule is C=CCC1C(CCC(Cc2ccccc2)O[Si](C)(C)C(C)(C)C)=CCC1O[Si](CC)(CC)CC. The quantitative estimate of drug-likeness (QED) is 0.187. The van der Waals surface area contributed by atoms with Crippen LogP contribution in [-0.2, 0) is 15.3 Å². The maximum Gasteiger partial charge on any atom is 0.192 e. The molecule has 0 amide bonds. The zero-order valence-corrected chi connectivity index (χ0v) is 25.5. The van der Waals surface area contributed by atoms with E-state index in [9.17, 15) is 0 Å². The zero-order chi connectivity index (χ0) is 25.4. The summed E-state index contributed by atoms with van der Waals surface area (Å²) in [5, 5.41) is 0.216. The Labute approximate surface area is 213 Å². The Morgan fingerprint density at radius 3 is 2.21 bits per heavy atom. The van der Waals surface area contributed by atoms with Crippen molar-refractivity contribution in [1.82, 2.24) is 0 Å². The van der Waals surface area contributed by atoms with E-state index in [0.29, 0.717) is 12.0 Å². The minimum atomic E-state index is -1.85. The molecule has 3 atom stereocenters. The third-order valence-corrected chi connectivity index (χ3v) is 17.8. The van der Waals surface area contributed by atoms with Crippen molar-refractivity contribution in [3.05, 3.63) is 60.2 Å². The predicted octanol–water partition coefficient (Wildman–Crippen LogP) is 9.31. The minimum absolute atomic E-state index is 0.216. The highest BCUT2D eigenvalue weighted by molar-refractivity contribution is 6.74. The lowest BCUT2D eigenvalue weighted by atomic mass is 9.91. The van der Waals surface area contributed by atoms with Crippen LogP contribution in [0.3, 0.4) is 0 Å². The van der Waals surface area contributed by atoms with Crippen LogP contribution in [0.25, 0.3) is 0 Å². The van der Waals surface area contributed by atoms with Crippen molar-refractivity contribution in [2.24, 2.45) is 5.92 Å². The largest absolute Gasteiger partial charge is 0.414 e. The third kappa shape index (κ3) is 7.78. The van der Waals surface area contributed by atoms with Crippen molar-refractivity contribution in [1.29, 1.82) is 0 Å². The summed E-state index contributed by atoms with van der Waals surface area (Å²) in [5.41, 5.74) is 2.95. The van der Waals surface area contributed by atoms with Gasteiger partial charge in [-0.2, -0.15) is 0 Å². The highest BCUT2D eigenvalue weighted by Crippen LogP contribution is 2.41. The van der Waals surface area contributed by atoms with Gasteiger partial charge in [0.15, 0.2) is 16.6 Å². The molecule has 0 bridgehead atoms. The van der Waals surface area contributed by atoms with E-state index in [0.717, 1.165) is 32.1 Å². The van der Waals surface area contributed by atoms with Crippen molar-refractivity contribution in [2.75, 3.05) is 0 Å². The molecule has 3 unspecified atom stereocenters. The molecule has 1 aromatic carbocycles. The van der Waals surface area contributed by atoms with Crippen LogP contribution in [0.15, 0.2) is 54.6 Å². The van der Waals surface area contributed by atoms with Crippen LogP contribution in [0.2, 0.25) is 36.3 Å². The zero-order valence-electron chi connectivity index (χ0n) is 23.5. The second kappa shape index (κ2) is 12.8. The van der Waals surface area contributed by atoms with Gasteiger partial charge in [-0.1, -0.05) is 89.6 Å². The normalized spacial score (nSPS) is 20.3. The summed E-state index contributed by atoms with van der Waals surface area (Å²) in [6, 6.07) is 14.5. The lowest BCUT2D eigenvalue weighted by molar-refractivity contribution is 0.146. The van der Waals surface area contributed by atoms with E-state index >= 15 is 0 Å². The van der Waals surface area contributed by atoms with Gasteiger partial charge >= 0.3 is 0 Å². The van der Waals surface area contributed by atoms with Crippen molar-refractivity contribution in [3.63, 3.8) is 0 Å². The average molecular weight is 501 g/mol. The van der Waals surface area contributed by atoms with Gasteiger partial charge in [0.25, 0.3) is 0 Å². The Morgan fingerprint density at radius 1 is 1.06 bits per heavy atom. The highest BCUT2D eigenvalue weighted by atomic mass is 28.4. The van der Waals surface area contributed by atoms with Gasteiger partial charge in [0.05, 0.1) is 6.10 Å². The summed E-state index contributed by atoms with van der Waals surface area (Å²) < 4.78 is 14.0. The molecule has 192 valence electrons. The van der Waals surface area contributed by atoms with Crippen LogP contribution in [-0.4, -0.2) is 28.8 Å². The van der Waals surface area contributed by atoms with Crippen molar-refractivity contribution in [2.45, 2.75) is 122 Å². The molecule has 1 aliphatic rings. The van der Waals surface area contributed by atoms with E-state index in [1.54, 1.807) is 5.57 Å². The van der Waals surface area contributed by atoms with Crippen molar-refractivity contribution >= 4 is 16.6 Å². The first-order valence-corrected chi connectivity index (χ1v) is 19.1. The van der Waals surface area contributed by atoms with E-state index in [4.69, 9.17) is 8.85 Å². The Morgan fingerprint density at radius 2 is 1.68 bits per heavy atom. The Hall–Kier alpha value is -0.946. The van der Waals surface area contributed by atoms with Crippen LogP contribution in [0.5, 0.6) is 0 Å². The second-order valence-corrected chi connectivity index (χ2v) is 21.3. The lowest BCUT2D eigenvalue weighted by Gasteiger charge is -2.39. The van der Waals surface area contributed by atoms with E-state index in [1.165, 1.54) is 23.7 Å². The van der Waals surface area contributed by atoms with Gasteiger partial charge in [-0.25, -0.2) is 0 Å². The number of hydrogen-bond donors (Lipinski definition) is 0. The minimum Gasteiger partial charge on any atom is -0.414 e. The molecule has 4 heteroatoms. The maximum atomic E-state index is 6.99. The molecule has 1 aromatic rings. The fraction of sp³-hybridized carbons (Fsp3) is 0.667. The number of benzene rings is 1. The van der Waals surface area contributed by atoms with Gasteiger partial charge in [0.2, 0.25) is 0 Å². The van der Waals surface area contributed by atoms with Gasteiger partial charge in [-0.15, -0.1) is 6.58 Å². The molecule has 0 spiro atoms. The smallest absolute Gasteiger partial charge is 0.192 e. The molecule has 0 saturated carbocycles. The molecule has 2 nitrogen and oxygen atoms in total. The molecule has 34 heavy (non-hydrogen) atoms. The van der Waals surface area contributed by atoms with Gasteiger partial charge in [-0.05, 0) is 73.9 Å². The Bertz CT molecular complexity index is 766. The van der Waals surface area contributed by atoms with E-state index in [2.05, 4.69) is 104 Å². The summed E-state index contributed by atoms with van der Waals surface area (Å²) in [7, 11) is -3.46. The molecule has 0 N–H and O–H groups in total. The van der Waals surface area contributed by atoms with Crippen LogP contribution >= 0.6 is 0 Å². The summed E-state index contributed by atoms with van der Waals surface area (Å²) in [4.78, 5) is 0. The summed E-state index contributed by atoms with van der Waals surface area (Å²) in [6.45, 7) is 22.9. The molecule has 0 radical (unpaired) electrons. The summed E-state index contributed by atoms with van der Waals surface area (Å²) >= 11 is 0. The van der Waals surface area contributed by atoms with Crippen LogP contribution < -0.4 is 0 Å². The van der Waals surface area contributed by atoms with Crippen LogP contribution in [0.1, 0.15) is 72.8 Å². The van der Waals surface area contributed by atoms with E-state index in [1.807, 2.05) is 0 Å². The fourth-order valence-corrected chi connectivity index (χ4v) is 9.34. The summed E-state index contributed by atoms with van der Waals surface area (Å²) in [5.74, 6) is 0.485. The number of rotatable bonds is 14. The maximum absolute atomic E-state index is 6.99. The Kier molecular flexibility index (Phi) is 11.1. The van der Waals surface area contributed by atoms with E-state index in [-0.39, 0.29) is 11.1 Å². The Balaban J connectivity index is 2.14. The van der Waals surface area contributed by atoms with Crippen molar-refractivity contribution < 1.29 is 8.85 Å². The van der Waals surface area contributed by atoms with Crippen molar-refractivity contribution in [3.8, 4) is 0 Å². The monoisotopic (exact) mass is 500 g/mol. The topological polar surface area (TPSA) is 18.5 Å². The molecule has 0 heterocycles. The standard InChI is InChI=1S/C30H52O2Si2/c1-10-17-28-26(21-23-29(28)32-34(11-2,12-3)13-4)20-22-27(24-25-18-15-14-16-19-25)31-33(8,9)30(5,6)7/h10,14-16,18-19,21,27-29H,1,11-13,17,20,22-24H2,2-9H3. The molecule has 0 aliphatic heterocycles. The van der Waals surface area contributed by atoms with Gasteiger partial charge in [0, 0.05) is 12.0 Å². The third-order valence-electron chi connectivity index (χ3n) is 8.62. The second-order valence-electron chi connectivity index (χ2n) is 11.8. The number of allylic oxidation sites excluding steroid dienone is 1. The highest BCUT2D eigenvalue weighted by Gasteiger charge is 2.40. The predicted molar refractivity (Wildman–Crippen MR) is 155 cm³/mol. The fourth-order valence-electron chi connectivity index (χ4n) is 5.04. The number of hydrogen-bond acceptors (Lipinski definition) is 2. The van der Waals surface area contributed by atoms with Gasteiger partial charge < -0.3 is 8.85 Å². The average Bonchev–Trinajstić information content (AvgIpc) is 3.17. The van der Waals surface area contributed by atoms with Gasteiger partial charge in [-0.3, -0.25) is 0 Å². The molecular weight excluding hydrogens is 449 g/mol. The first-order valence-electron chi connectivity index (χ1n) is 13.7. The molecule has 2 rings (SSSR count). The molecule has 1 aliphatic carbocycles.